The number of nitro groups is 1. The van der Waals surface area contributed by atoms with Crippen LogP contribution in [-0.4, -0.2) is 13.3 Å². The van der Waals surface area contributed by atoms with Gasteiger partial charge >= 0.3 is 0 Å². The summed E-state index contributed by atoms with van der Waals surface area (Å²) in [6.45, 7) is 1.58. The van der Waals surface area contributed by atoms with Gasteiger partial charge in [-0.15, -0.1) is 11.3 Å². The molecule has 0 saturated carbocycles. The van der Waals surface area contributed by atoms with Crippen molar-refractivity contribution >= 4 is 38.6 Å². The first-order chi connectivity index (χ1) is 10.2. The molecule has 10 heteroatoms. The van der Waals surface area contributed by atoms with E-state index in [0.717, 1.165) is 6.07 Å². The van der Waals surface area contributed by atoms with Crippen molar-refractivity contribution in [3.63, 3.8) is 0 Å². The van der Waals surface area contributed by atoms with Gasteiger partial charge < -0.3 is 0 Å². The molecule has 0 spiro atoms. The highest BCUT2D eigenvalue weighted by Gasteiger charge is 2.26. The maximum atomic E-state index is 12.9. The largest absolute Gasteiger partial charge is 0.300 e. The zero-order valence-electron chi connectivity index (χ0n) is 11.1. The molecule has 1 aromatic carbocycles. The van der Waals surface area contributed by atoms with Crippen molar-refractivity contribution in [1.29, 1.82) is 0 Å². The molecule has 0 radical (unpaired) electrons. The fourth-order valence-corrected chi connectivity index (χ4v) is 4.62. The zero-order valence-corrected chi connectivity index (χ0v) is 13.5. The molecule has 0 saturated heterocycles. The molecular formula is C12H10ClFN2O4S2. The van der Waals surface area contributed by atoms with Crippen LogP contribution in [0.1, 0.15) is 18.5 Å². The molecule has 0 aliphatic heterocycles. The molecule has 1 atom stereocenters. The van der Waals surface area contributed by atoms with E-state index in [4.69, 9.17) is 11.6 Å². The van der Waals surface area contributed by atoms with E-state index in [1.54, 1.807) is 6.92 Å². The average molecular weight is 365 g/mol. The van der Waals surface area contributed by atoms with Crippen LogP contribution in [0.15, 0.2) is 34.5 Å². The number of benzene rings is 1. The maximum Gasteiger partial charge on any atom is 0.300 e. The standard InChI is InChI=1S/C12H10ClFN2O4S2/c1-7(8-2-4-9(14)5-3-8)15-22(19,20)11-6-10(16(17)18)12(13)21-11/h2-7,15H,1H3. The van der Waals surface area contributed by atoms with Gasteiger partial charge in [-0.2, -0.15) is 0 Å². The highest BCUT2D eigenvalue weighted by molar-refractivity contribution is 7.91. The molecule has 0 bridgehead atoms. The summed E-state index contributed by atoms with van der Waals surface area (Å²) in [5.41, 5.74) is 0.101. The first kappa shape index (κ1) is 16.8. The molecule has 0 amide bonds. The summed E-state index contributed by atoms with van der Waals surface area (Å²) >= 11 is 6.26. The first-order valence-electron chi connectivity index (χ1n) is 5.92. The molecule has 0 aliphatic carbocycles. The van der Waals surface area contributed by atoms with Crippen LogP contribution in [0.5, 0.6) is 0 Å². The van der Waals surface area contributed by atoms with Crippen molar-refractivity contribution in [3.8, 4) is 0 Å². The zero-order chi connectivity index (χ0) is 16.5. The Kier molecular flexibility index (Phi) is 4.81. The summed E-state index contributed by atoms with van der Waals surface area (Å²) in [6.07, 6.45) is 0. The van der Waals surface area contributed by atoms with Crippen molar-refractivity contribution in [2.24, 2.45) is 0 Å². The highest BCUT2D eigenvalue weighted by Crippen LogP contribution is 2.36. The van der Waals surface area contributed by atoms with Crippen LogP contribution in [0.3, 0.4) is 0 Å². The maximum absolute atomic E-state index is 12.9. The minimum atomic E-state index is -3.97. The van der Waals surface area contributed by atoms with E-state index >= 15 is 0 Å². The Bertz CT molecular complexity index is 805. The molecule has 1 aromatic heterocycles. The van der Waals surface area contributed by atoms with Crippen molar-refractivity contribution in [3.05, 3.63) is 56.2 Å². The predicted molar refractivity (Wildman–Crippen MR) is 81.1 cm³/mol. The van der Waals surface area contributed by atoms with Crippen LogP contribution in [-0.2, 0) is 10.0 Å². The highest BCUT2D eigenvalue weighted by atomic mass is 35.5. The first-order valence-corrected chi connectivity index (χ1v) is 8.60. The van der Waals surface area contributed by atoms with Gasteiger partial charge in [0, 0.05) is 12.1 Å². The van der Waals surface area contributed by atoms with Gasteiger partial charge in [-0.1, -0.05) is 23.7 Å². The minimum Gasteiger partial charge on any atom is -0.258 e. The molecule has 118 valence electrons. The number of nitrogens with one attached hydrogen (secondary N) is 1. The lowest BCUT2D eigenvalue weighted by Gasteiger charge is -2.13. The van der Waals surface area contributed by atoms with Crippen LogP contribution in [0.2, 0.25) is 4.34 Å². The molecule has 1 unspecified atom stereocenters. The lowest BCUT2D eigenvalue weighted by molar-refractivity contribution is -0.384. The molecule has 22 heavy (non-hydrogen) atoms. The molecule has 6 nitrogen and oxygen atoms in total. The van der Waals surface area contributed by atoms with Gasteiger partial charge in [-0.25, -0.2) is 17.5 Å². The van der Waals surface area contributed by atoms with E-state index in [0.29, 0.717) is 16.9 Å². The van der Waals surface area contributed by atoms with Crippen molar-refractivity contribution in [2.75, 3.05) is 0 Å². The second-order valence-corrected chi connectivity index (χ2v) is 7.97. The van der Waals surface area contributed by atoms with Gasteiger partial charge in [0.05, 0.1) is 4.92 Å². The van der Waals surface area contributed by atoms with Gasteiger partial charge in [-0.3, -0.25) is 10.1 Å². The van der Waals surface area contributed by atoms with Crippen LogP contribution in [0.4, 0.5) is 10.1 Å². The lowest BCUT2D eigenvalue weighted by atomic mass is 10.1. The van der Waals surface area contributed by atoms with E-state index in [-0.39, 0.29) is 8.55 Å². The summed E-state index contributed by atoms with van der Waals surface area (Å²) in [5, 5.41) is 10.7. The molecule has 0 fully saturated rings. The van der Waals surface area contributed by atoms with E-state index in [2.05, 4.69) is 4.72 Å². The van der Waals surface area contributed by atoms with Crippen LogP contribution in [0.25, 0.3) is 0 Å². The summed E-state index contributed by atoms with van der Waals surface area (Å²) in [6, 6.07) is 5.61. The normalized spacial score (nSPS) is 13.0. The second-order valence-electron chi connectivity index (χ2n) is 4.38. The number of halogens is 2. The van der Waals surface area contributed by atoms with E-state index in [9.17, 15) is 22.9 Å². The van der Waals surface area contributed by atoms with Crippen LogP contribution >= 0.6 is 22.9 Å². The summed E-state index contributed by atoms with van der Waals surface area (Å²) < 4.78 is 39.2. The van der Waals surface area contributed by atoms with Gasteiger partial charge in [0.15, 0.2) is 4.34 Å². The summed E-state index contributed by atoms with van der Waals surface area (Å²) in [7, 11) is -3.97. The third kappa shape index (κ3) is 3.61. The van der Waals surface area contributed by atoms with E-state index in [1.807, 2.05) is 0 Å². The van der Waals surface area contributed by atoms with Crippen molar-refractivity contribution in [1.82, 2.24) is 4.72 Å². The number of thiophene rings is 1. The Morgan fingerprint density at radius 1 is 1.36 bits per heavy atom. The van der Waals surface area contributed by atoms with Gasteiger partial charge in [0.1, 0.15) is 10.0 Å². The molecule has 0 aliphatic rings. The monoisotopic (exact) mass is 364 g/mol. The topological polar surface area (TPSA) is 89.3 Å². The number of rotatable bonds is 5. The fourth-order valence-electron chi connectivity index (χ4n) is 1.71. The molecular weight excluding hydrogens is 355 g/mol. The Hall–Kier alpha value is -1.55. The third-order valence-corrected chi connectivity index (χ3v) is 6.16. The predicted octanol–water partition coefficient (Wildman–Crippen LogP) is 3.49. The van der Waals surface area contributed by atoms with Crippen LogP contribution < -0.4 is 4.72 Å². The van der Waals surface area contributed by atoms with E-state index in [1.165, 1.54) is 24.3 Å². The second kappa shape index (κ2) is 6.29. The number of hydrogen-bond donors (Lipinski definition) is 1. The lowest BCUT2D eigenvalue weighted by Crippen LogP contribution is -2.26. The Morgan fingerprint density at radius 2 is 1.95 bits per heavy atom. The number of nitrogens with zero attached hydrogens (tertiary/aromatic N) is 1. The van der Waals surface area contributed by atoms with Crippen molar-refractivity contribution in [2.45, 2.75) is 17.2 Å². The molecule has 1 N–H and O–H groups in total. The van der Waals surface area contributed by atoms with Crippen molar-refractivity contribution < 1.29 is 17.7 Å². The van der Waals surface area contributed by atoms with Crippen LogP contribution in [0, 0.1) is 15.9 Å². The summed E-state index contributed by atoms with van der Waals surface area (Å²) in [5.74, 6) is -0.431. The minimum absolute atomic E-state index is 0.209. The summed E-state index contributed by atoms with van der Waals surface area (Å²) in [4.78, 5) is 9.97. The fraction of sp³-hybridized carbons (Fsp3) is 0.167. The quantitative estimate of drug-likeness (QED) is 0.649. The Labute approximate surface area is 134 Å². The Balaban J connectivity index is 2.25. The van der Waals surface area contributed by atoms with Gasteiger partial charge in [0.25, 0.3) is 15.7 Å². The molecule has 2 aromatic rings. The van der Waals surface area contributed by atoms with E-state index < -0.39 is 32.5 Å². The third-order valence-electron chi connectivity index (χ3n) is 2.81. The smallest absolute Gasteiger partial charge is 0.258 e. The average Bonchev–Trinajstić information content (AvgIpc) is 2.82. The number of sulfonamides is 1. The molecule has 1 heterocycles. The van der Waals surface area contributed by atoms with Gasteiger partial charge in [-0.05, 0) is 24.6 Å². The van der Waals surface area contributed by atoms with Gasteiger partial charge in [0.2, 0.25) is 0 Å². The Morgan fingerprint density at radius 3 is 2.45 bits per heavy atom. The number of hydrogen-bond acceptors (Lipinski definition) is 5. The molecule has 2 rings (SSSR count). The SMILES string of the molecule is CC(NS(=O)(=O)c1cc([N+](=O)[O-])c(Cl)s1)c1ccc(F)cc1.